The topological polar surface area (TPSA) is 33.1 Å². The summed E-state index contributed by atoms with van der Waals surface area (Å²) in [5.74, 6) is 0. The summed E-state index contributed by atoms with van der Waals surface area (Å²) in [5, 5.41) is 7.80. The summed E-state index contributed by atoms with van der Waals surface area (Å²) in [6.07, 6.45) is 2.00. The molecule has 0 amide bonds. The van der Waals surface area contributed by atoms with Gasteiger partial charge >= 0.3 is 0 Å². The molecule has 1 aromatic heterocycles. The Labute approximate surface area is 91.3 Å². The molecule has 1 atom stereocenters. The van der Waals surface area contributed by atoms with E-state index in [4.69, 9.17) is 0 Å². The van der Waals surface area contributed by atoms with Gasteiger partial charge in [-0.2, -0.15) is 5.10 Å². The highest BCUT2D eigenvalue weighted by atomic mass is 15.3. The van der Waals surface area contributed by atoms with Crippen molar-refractivity contribution in [1.82, 2.24) is 20.0 Å². The van der Waals surface area contributed by atoms with E-state index in [1.165, 1.54) is 11.3 Å². The minimum atomic E-state index is 0.0800. The first-order chi connectivity index (χ1) is 7.05. The number of rotatable bonds is 1. The van der Waals surface area contributed by atoms with Gasteiger partial charge in [-0.1, -0.05) is 0 Å². The summed E-state index contributed by atoms with van der Waals surface area (Å²) >= 11 is 0. The van der Waals surface area contributed by atoms with Gasteiger partial charge in [0.05, 0.1) is 11.7 Å². The van der Waals surface area contributed by atoms with Crippen LogP contribution in [0.15, 0.2) is 6.20 Å². The molecule has 2 heterocycles. The molecular formula is C11H20N4. The molecule has 0 bridgehead atoms. The van der Waals surface area contributed by atoms with Crippen LogP contribution >= 0.6 is 0 Å². The number of aromatic nitrogens is 2. The molecule has 0 spiro atoms. The Bertz CT molecular complexity index is 357. The molecule has 4 heteroatoms. The second-order valence-electron chi connectivity index (χ2n) is 4.64. The van der Waals surface area contributed by atoms with Crippen molar-refractivity contribution in [1.29, 1.82) is 0 Å². The Morgan fingerprint density at radius 3 is 2.73 bits per heavy atom. The van der Waals surface area contributed by atoms with Crippen LogP contribution in [0.1, 0.15) is 18.2 Å². The van der Waals surface area contributed by atoms with Crippen LogP contribution in [0.2, 0.25) is 0 Å². The first kappa shape index (κ1) is 10.6. The molecule has 1 fully saturated rings. The average Bonchev–Trinajstić information content (AvgIpc) is 2.53. The molecule has 4 nitrogen and oxygen atoms in total. The SMILES string of the molecule is Cc1c(C2(C)CNCCN2C)cnn1C. The number of hydrogen-bond acceptors (Lipinski definition) is 3. The third-order valence-corrected chi connectivity index (χ3v) is 3.75. The molecular weight excluding hydrogens is 188 g/mol. The van der Waals surface area contributed by atoms with Crippen molar-refractivity contribution in [2.45, 2.75) is 19.4 Å². The van der Waals surface area contributed by atoms with Crippen molar-refractivity contribution >= 4 is 0 Å². The highest BCUT2D eigenvalue weighted by Crippen LogP contribution is 2.29. The Morgan fingerprint density at radius 2 is 2.20 bits per heavy atom. The summed E-state index contributed by atoms with van der Waals surface area (Å²) in [6.45, 7) is 7.57. The third kappa shape index (κ3) is 1.58. The van der Waals surface area contributed by atoms with Gasteiger partial charge in [0.25, 0.3) is 0 Å². The predicted molar refractivity (Wildman–Crippen MR) is 60.8 cm³/mol. The zero-order valence-corrected chi connectivity index (χ0v) is 10.0. The van der Waals surface area contributed by atoms with Gasteiger partial charge in [0.1, 0.15) is 0 Å². The predicted octanol–water partition coefficient (Wildman–Crippen LogP) is 0.479. The van der Waals surface area contributed by atoms with Gasteiger partial charge in [0, 0.05) is 37.9 Å². The summed E-state index contributed by atoms with van der Waals surface area (Å²) in [6, 6.07) is 0. The molecule has 84 valence electrons. The zero-order valence-electron chi connectivity index (χ0n) is 10.0. The second-order valence-corrected chi connectivity index (χ2v) is 4.64. The fourth-order valence-electron chi connectivity index (χ4n) is 2.29. The Kier molecular flexibility index (Phi) is 2.56. The number of nitrogens with zero attached hydrogens (tertiary/aromatic N) is 3. The van der Waals surface area contributed by atoms with E-state index in [0.717, 1.165) is 19.6 Å². The fraction of sp³-hybridized carbons (Fsp3) is 0.727. The van der Waals surface area contributed by atoms with E-state index in [-0.39, 0.29) is 5.54 Å². The van der Waals surface area contributed by atoms with Crippen molar-refractivity contribution in [3.63, 3.8) is 0 Å². The molecule has 1 aromatic rings. The van der Waals surface area contributed by atoms with Crippen LogP contribution in [0, 0.1) is 6.92 Å². The quantitative estimate of drug-likeness (QED) is 0.728. The lowest BCUT2D eigenvalue weighted by Crippen LogP contribution is -2.55. The van der Waals surface area contributed by atoms with E-state index >= 15 is 0 Å². The largest absolute Gasteiger partial charge is 0.313 e. The van der Waals surface area contributed by atoms with E-state index in [1.807, 2.05) is 17.9 Å². The number of piperazine rings is 1. The van der Waals surface area contributed by atoms with Gasteiger partial charge < -0.3 is 5.32 Å². The fourth-order valence-corrected chi connectivity index (χ4v) is 2.29. The average molecular weight is 208 g/mol. The number of aryl methyl sites for hydroxylation is 1. The van der Waals surface area contributed by atoms with E-state index in [9.17, 15) is 0 Å². The maximum absolute atomic E-state index is 4.33. The first-order valence-corrected chi connectivity index (χ1v) is 5.47. The van der Waals surface area contributed by atoms with Crippen LogP contribution in [-0.2, 0) is 12.6 Å². The molecule has 0 aliphatic carbocycles. The van der Waals surface area contributed by atoms with Crippen LogP contribution in [0.4, 0.5) is 0 Å². The molecule has 1 saturated heterocycles. The maximum atomic E-state index is 4.33. The smallest absolute Gasteiger partial charge is 0.0589 e. The van der Waals surface area contributed by atoms with Crippen LogP contribution in [-0.4, -0.2) is 41.4 Å². The molecule has 1 N–H and O–H groups in total. The zero-order chi connectivity index (χ0) is 11.1. The maximum Gasteiger partial charge on any atom is 0.0589 e. The normalized spacial score (nSPS) is 28.3. The second kappa shape index (κ2) is 3.61. The summed E-state index contributed by atoms with van der Waals surface area (Å²) in [5.41, 5.74) is 2.67. The van der Waals surface area contributed by atoms with Gasteiger partial charge in [-0.05, 0) is 20.9 Å². The molecule has 0 radical (unpaired) electrons. The lowest BCUT2D eigenvalue weighted by Gasteiger charge is -2.43. The molecule has 1 aliphatic rings. The monoisotopic (exact) mass is 208 g/mol. The highest BCUT2D eigenvalue weighted by Gasteiger charge is 2.35. The highest BCUT2D eigenvalue weighted by molar-refractivity contribution is 5.26. The van der Waals surface area contributed by atoms with Crippen LogP contribution in [0.3, 0.4) is 0 Å². The Morgan fingerprint density at radius 1 is 1.47 bits per heavy atom. The van der Waals surface area contributed by atoms with Crippen molar-refractivity contribution in [3.8, 4) is 0 Å². The van der Waals surface area contributed by atoms with Crippen molar-refractivity contribution in [3.05, 3.63) is 17.5 Å². The molecule has 1 unspecified atom stereocenters. The van der Waals surface area contributed by atoms with E-state index in [2.05, 4.69) is 36.2 Å². The van der Waals surface area contributed by atoms with Crippen LogP contribution < -0.4 is 5.32 Å². The van der Waals surface area contributed by atoms with Gasteiger partial charge in [0.15, 0.2) is 0 Å². The summed E-state index contributed by atoms with van der Waals surface area (Å²) < 4.78 is 1.95. The summed E-state index contributed by atoms with van der Waals surface area (Å²) in [4.78, 5) is 2.41. The van der Waals surface area contributed by atoms with Gasteiger partial charge in [-0.3, -0.25) is 9.58 Å². The molecule has 0 aromatic carbocycles. The Hall–Kier alpha value is -0.870. The van der Waals surface area contributed by atoms with E-state index in [0.29, 0.717) is 0 Å². The lowest BCUT2D eigenvalue weighted by atomic mass is 9.89. The first-order valence-electron chi connectivity index (χ1n) is 5.47. The van der Waals surface area contributed by atoms with Crippen LogP contribution in [0.25, 0.3) is 0 Å². The van der Waals surface area contributed by atoms with Gasteiger partial charge in [-0.25, -0.2) is 0 Å². The summed E-state index contributed by atoms with van der Waals surface area (Å²) in [7, 11) is 4.19. The standard InChI is InChI=1S/C11H20N4/c1-9-10(7-13-15(9)4)11(2)8-12-5-6-14(11)3/h7,12H,5-6,8H2,1-4H3. The number of nitrogens with one attached hydrogen (secondary N) is 1. The van der Waals surface area contributed by atoms with Crippen molar-refractivity contribution in [2.24, 2.45) is 7.05 Å². The van der Waals surface area contributed by atoms with Gasteiger partial charge in [0.2, 0.25) is 0 Å². The minimum Gasteiger partial charge on any atom is -0.313 e. The third-order valence-electron chi connectivity index (χ3n) is 3.75. The van der Waals surface area contributed by atoms with Crippen molar-refractivity contribution in [2.75, 3.05) is 26.7 Å². The Balaban J connectivity index is 2.39. The number of likely N-dealkylation sites (N-methyl/N-ethyl adjacent to an activating group) is 1. The van der Waals surface area contributed by atoms with E-state index < -0.39 is 0 Å². The molecule has 2 rings (SSSR count). The molecule has 15 heavy (non-hydrogen) atoms. The van der Waals surface area contributed by atoms with Crippen molar-refractivity contribution < 1.29 is 0 Å². The minimum absolute atomic E-state index is 0.0800. The molecule has 0 saturated carbocycles. The molecule has 1 aliphatic heterocycles. The lowest BCUT2D eigenvalue weighted by molar-refractivity contribution is 0.103. The van der Waals surface area contributed by atoms with E-state index in [1.54, 1.807) is 0 Å². The van der Waals surface area contributed by atoms with Gasteiger partial charge in [-0.15, -0.1) is 0 Å². The van der Waals surface area contributed by atoms with Crippen LogP contribution in [0.5, 0.6) is 0 Å². The number of hydrogen-bond donors (Lipinski definition) is 1.